The van der Waals surface area contributed by atoms with Gasteiger partial charge in [-0.15, -0.1) is 0 Å². The van der Waals surface area contributed by atoms with E-state index in [9.17, 15) is 4.79 Å². The van der Waals surface area contributed by atoms with E-state index < -0.39 is 0 Å². The summed E-state index contributed by atoms with van der Waals surface area (Å²) < 4.78 is 0.255. The van der Waals surface area contributed by atoms with Crippen LogP contribution in [-0.4, -0.2) is 9.86 Å². The Morgan fingerprint density at radius 2 is 1.94 bits per heavy atom. The van der Waals surface area contributed by atoms with Gasteiger partial charge in [-0.2, -0.15) is 0 Å². The van der Waals surface area contributed by atoms with Gasteiger partial charge in [0.1, 0.15) is 0 Å². The molecular weight excluding hydrogens is 216 g/mol. The molecule has 0 unspecified atom stereocenters. The Morgan fingerprint density at radius 3 is 2.44 bits per heavy atom. The highest BCUT2D eigenvalue weighted by Gasteiger charge is 2.36. The van der Waals surface area contributed by atoms with Gasteiger partial charge in [0.05, 0.1) is 0 Å². The third kappa shape index (κ3) is 3.97. The minimum Gasteiger partial charge on any atom is -0.282 e. The van der Waals surface area contributed by atoms with E-state index in [0.717, 1.165) is 0 Å². The lowest BCUT2D eigenvalue weighted by atomic mass is 9.99. The van der Waals surface area contributed by atoms with Crippen LogP contribution < -0.4 is 0 Å². The molecule has 1 nitrogen and oxygen atoms in total. The predicted molar refractivity (Wildman–Crippen MR) is 72.8 cm³/mol. The lowest BCUT2D eigenvalue weighted by Crippen LogP contribution is -2.22. The summed E-state index contributed by atoms with van der Waals surface area (Å²) in [5, 5.41) is 0.207. The Balaban J connectivity index is 2.51. The number of thioether (sulfide) groups is 1. The van der Waals surface area contributed by atoms with Gasteiger partial charge in [-0.05, 0) is 31.8 Å². The van der Waals surface area contributed by atoms with E-state index in [1.54, 1.807) is 11.8 Å². The zero-order valence-electron chi connectivity index (χ0n) is 10.7. The lowest BCUT2D eigenvalue weighted by Gasteiger charge is -2.27. The summed E-state index contributed by atoms with van der Waals surface area (Å²) in [6.07, 6.45) is 10.1. The summed E-state index contributed by atoms with van der Waals surface area (Å²) in [4.78, 5) is 11.8. The van der Waals surface area contributed by atoms with Gasteiger partial charge in [0.25, 0.3) is 0 Å². The van der Waals surface area contributed by atoms with Crippen LogP contribution in [0.25, 0.3) is 0 Å². The molecule has 2 heteroatoms. The number of unbranched alkanes of at least 4 members (excludes halogenated alkanes) is 2. The van der Waals surface area contributed by atoms with Gasteiger partial charge in [0.2, 0.25) is 5.12 Å². The van der Waals surface area contributed by atoms with Crippen molar-refractivity contribution in [2.45, 2.75) is 70.0 Å². The van der Waals surface area contributed by atoms with Gasteiger partial charge in [0.15, 0.2) is 0 Å². The van der Waals surface area contributed by atoms with E-state index in [-0.39, 0.29) is 9.86 Å². The molecule has 0 heterocycles. The average Bonchev–Trinajstić information content (AvgIpc) is 2.67. The summed E-state index contributed by atoms with van der Waals surface area (Å²) >= 11 is 1.57. The first-order chi connectivity index (χ1) is 7.59. The van der Waals surface area contributed by atoms with Gasteiger partial charge in [-0.3, -0.25) is 4.79 Å². The minimum absolute atomic E-state index is 0.207. The average molecular weight is 240 g/mol. The molecule has 1 fully saturated rings. The normalized spacial score (nSPS) is 18.6. The van der Waals surface area contributed by atoms with Crippen LogP contribution in [-0.2, 0) is 4.79 Å². The van der Waals surface area contributed by atoms with Crippen molar-refractivity contribution in [3.8, 4) is 0 Å². The van der Waals surface area contributed by atoms with Gasteiger partial charge in [0, 0.05) is 4.75 Å². The maximum atomic E-state index is 11.8. The van der Waals surface area contributed by atoms with Crippen molar-refractivity contribution in [1.82, 2.24) is 0 Å². The molecule has 0 aromatic carbocycles. The largest absolute Gasteiger partial charge is 0.282 e. The molecule has 0 aliphatic heterocycles. The van der Waals surface area contributed by atoms with E-state index in [2.05, 4.69) is 13.5 Å². The quantitative estimate of drug-likeness (QED) is 0.494. The highest BCUT2D eigenvalue weighted by atomic mass is 32.2. The molecule has 1 aliphatic rings. The summed E-state index contributed by atoms with van der Waals surface area (Å²) in [5.74, 6) is 0. The van der Waals surface area contributed by atoms with Crippen molar-refractivity contribution in [3.05, 3.63) is 12.2 Å². The first-order valence-corrected chi connectivity index (χ1v) is 7.30. The van der Waals surface area contributed by atoms with Crippen molar-refractivity contribution in [1.29, 1.82) is 0 Å². The molecule has 0 saturated heterocycles. The van der Waals surface area contributed by atoms with E-state index in [4.69, 9.17) is 0 Å². The summed E-state index contributed by atoms with van der Waals surface area (Å²) in [6.45, 7) is 7.81. The first kappa shape index (κ1) is 13.8. The number of carbonyl (C=O) groups is 1. The zero-order chi connectivity index (χ0) is 12.0. The van der Waals surface area contributed by atoms with Gasteiger partial charge >= 0.3 is 0 Å². The fourth-order valence-corrected chi connectivity index (χ4v) is 3.71. The summed E-state index contributed by atoms with van der Waals surface area (Å²) in [7, 11) is 0. The fraction of sp³-hybridized carbons (Fsp3) is 0.786. The van der Waals surface area contributed by atoms with Crippen molar-refractivity contribution in [2.75, 3.05) is 0 Å². The third-order valence-corrected chi connectivity index (χ3v) is 4.99. The van der Waals surface area contributed by atoms with Crippen molar-refractivity contribution in [2.24, 2.45) is 0 Å². The van der Waals surface area contributed by atoms with E-state index >= 15 is 0 Å². The first-order valence-electron chi connectivity index (χ1n) is 6.48. The van der Waals surface area contributed by atoms with Gasteiger partial charge in [-0.25, -0.2) is 0 Å². The second-order valence-corrected chi connectivity index (χ2v) is 6.46. The Hall–Kier alpha value is -0.240. The summed E-state index contributed by atoms with van der Waals surface area (Å²) in [6, 6.07) is 0. The van der Waals surface area contributed by atoms with E-state index in [1.807, 2.05) is 6.92 Å². The molecular formula is C14H24OS. The molecule has 0 spiro atoms. The number of hydrogen-bond donors (Lipinski definition) is 0. The maximum Gasteiger partial charge on any atom is 0.214 e. The Bertz CT molecular complexity index is 251. The molecule has 1 rings (SSSR count). The third-order valence-electron chi connectivity index (χ3n) is 3.41. The number of hydrogen-bond acceptors (Lipinski definition) is 2. The number of rotatable bonds is 6. The van der Waals surface area contributed by atoms with E-state index in [0.29, 0.717) is 5.57 Å². The van der Waals surface area contributed by atoms with Crippen LogP contribution in [0, 0.1) is 0 Å². The van der Waals surface area contributed by atoms with Crippen LogP contribution in [0.15, 0.2) is 12.2 Å². The second kappa shape index (κ2) is 6.48. The van der Waals surface area contributed by atoms with Crippen LogP contribution in [0.5, 0.6) is 0 Å². The predicted octanol–water partition coefficient (Wildman–Crippen LogP) is 4.72. The molecule has 0 bridgehead atoms. The molecule has 0 atom stereocenters. The molecule has 0 amide bonds. The number of carbonyl (C=O) groups excluding carboxylic acids is 1. The molecule has 0 aromatic rings. The molecule has 1 aliphatic carbocycles. The SMILES string of the molecule is C=C(C)C(=O)SC1(CCCCC)CCCC1. The Kier molecular flexibility index (Phi) is 5.60. The van der Waals surface area contributed by atoms with Crippen molar-refractivity contribution in [3.63, 3.8) is 0 Å². The molecule has 0 aromatic heterocycles. The molecule has 1 saturated carbocycles. The maximum absolute atomic E-state index is 11.8. The van der Waals surface area contributed by atoms with Crippen LogP contribution in [0.1, 0.15) is 65.2 Å². The van der Waals surface area contributed by atoms with Crippen LogP contribution in [0.3, 0.4) is 0 Å². The Labute approximate surface area is 104 Å². The standard InChI is InChI=1S/C14H24OS/c1-4-5-6-9-14(10-7-8-11-14)16-13(15)12(2)3/h2,4-11H2,1,3H3. The molecule has 0 radical (unpaired) electrons. The second-order valence-electron chi connectivity index (χ2n) is 5.02. The fourth-order valence-electron chi connectivity index (χ4n) is 2.40. The molecule has 92 valence electrons. The molecule has 0 N–H and O–H groups in total. The minimum atomic E-state index is 0.207. The van der Waals surface area contributed by atoms with Crippen LogP contribution in [0.4, 0.5) is 0 Å². The molecule has 16 heavy (non-hydrogen) atoms. The smallest absolute Gasteiger partial charge is 0.214 e. The van der Waals surface area contributed by atoms with Crippen molar-refractivity contribution >= 4 is 16.9 Å². The topological polar surface area (TPSA) is 17.1 Å². The monoisotopic (exact) mass is 240 g/mol. The van der Waals surface area contributed by atoms with Crippen LogP contribution in [0.2, 0.25) is 0 Å². The van der Waals surface area contributed by atoms with E-state index in [1.165, 1.54) is 51.4 Å². The highest BCUT2D eigenvalue weighted by Crippen LogP contribution is 2.46. The lowest BCUT2D eigenvalue weighted by molar-refractivity contribution is -0.107. The summed E-state index contributed by atoms with van der Waals surface area (Å²) in [5.41, 5.74) is 0.701. The van der Waals surface area contributed by atoms with Gasteiger partial charge in [-0.1, -0.05) is 57.4 Å². The Morgan fingerprint density at radius 1 is 1.31 bits per heavy atom. The van der Waals surface area contributed by atoms with Crippen molar-refractivity contribution < 1.29 is 4.79 Å². The highest BCUT2D eigenvalue weighted by molar-refractivity contribution is 8.15. The van der Waals surface area contributed by atoms with Crippen LogP contribution >= 0.6 is 11.8 Å². The van der Waals surface area contributed by atoms with Gasteiger partial charge < -0.3 is 0 Å². The zero-order valence-corrected chi connectivity index (χ0v) is 11.5.